The van der Waals surface area contributed by atoms with Crippen LogP contribution in [0.2, 0.25) is 0 Å². The van der Waals surface area contributed by atoms with Crippen molar-refractivity contribution in [3.8, 4) is 0 Å². The fraction of sp³-hybridized carbons (Fsp3) is 0.750. The van der Waals surface area contributed by atoms with Gasteiger partial charge in [0, 0.05) is 36.9 Å². The number of ether oxygens (including phenoxy) is 1. The second-order valence-corrected chi connectivity index (χ2v) is 5.61. The maximum Gasteiger partial charge on any atom is 0.109 e. The molecule has 4 nitrogen and oxygen atoms in total. The van der Waals surface area contributed by atoms with Crippen LogP contribution >= 0.6 is 11.3 Å². The summed E-state index contributed by atoms with van der Waals surface area (Å²) in [5.41, 5.74) is 6.25. The summed E-state index contributed by atoms with van der Waals surface area (Å²) in [5, 5.41) is 6.73. The van der Waals surface area contributed by atoms with Crippen LogP contribution in [0.15, 0.2) is 11.6 Å². The van der Waals surface area contributed by atoms with Crippen molar-refractivity contribution in [1.29, 1.82) is 0 Å². The van der Waals surface area contributed by atoms with E-state index in [4.69, 9.17) is 10.5 Å². The molecule has 1 unspecified atom stereocenters. The Bertz CT molecular complexity index is 323. The number of thiazole rings is 1. The SMILES string of the molecule is CCC(NCC1(N)CCOCC1)c1nccs1. The molecule has 96 valence electrons. The third-order valence-corrected chi connectivity index (χ3v) is 4.24. The van der Waals surface area contributed by atoms with E-state index in [1.165, 1.54) is 0 Å². The molecule has 0 saturated carbocycles. The first-order valence-electron chi connectivity index (χ1n) is 6.23. The van der Waals surface area contributed by atoms with E-state index in [1.54, 1.807) is 11.3 Å². The monoisotopic (exact) mass is 255 g/mol. The number of nitrogens with zero attached hydrogens (tertiary/aromatic N) is 1. The van der Waals surface area contributed by atoms with E-state index in [-0.39, 0.29) is 5.54 Å². The van der Waals surface area contributed by atoms with Crippen molar-refractivity contribution in [1.82, 2.24) is 10.3 Å². The fourth-order valence-corrected chi connectivity index (χ4v) is 2.89. The Kier molecular flexibility index (Phi) is 4.50. The molecule has 1 aliphatic rings. The van der Waals surface area contributed by atoms with Gasteiger partial charge in [-0.25, -0.2) is 4.98 Å². The van der Waals surface area contributed by atoms with E-state index in [2.05, 4.69) is 17.2 Å². The quantitative estimate of drug-likeness (QED) is 0.840. The average molecular weight is 255 g/mol. The van der Waals surface area contributed by atoms with Crippen LogP contribution in [0.3, 0.4) is 0 Å². The standard InChI is InChI=1S/C12H21N3OS/c1-2-10(11-14-5-8-17-11)15-9-12(13)3-6-16-7-4-12/h5,8,10,15H,2-4,6-7,9,13H2,1H3. The van der Waals surface area contributed by atoms with Crippen LogP contribution in [0, 0.1) is 0 Å². The molecule has 2 rings (SSSR count). The van der Waals surface area contributed by atoms with Gasteiger partial charge in [-0.05, 0) is 19.3 Å². The lowest BCUT2D eigenvalue weighted by molar-refractivity contribution is 0.0521. The third-order valence-electron chi connectivity index (χ3n) is 3.35. The molecule has 1 atom stereocenters. The second kappa shape index (κ2) is 5.91. The zero-order valence-corrected chi connectivity index (χ0v) is 11.1. The highest BCUT2D eigenvalue weighted by Gasteiger charge is 2.28. The first-order chi connectivity index (χ1) is 8.23. The molecular formula is C12H21N3OS. The van der Waals surface area contributed by atoms with E-state index < -0.39 is 0 Å². The van der Waals surface area contributed by atoms with Gasteiger partial charge < -0.3 is 15.8 Å². The average Bonchev–Trinajstić information content (AvgIpc) is 2.84. The molecule has 1 fully saturated rings. The number of hydrogen-bond acceptors (Lipinski definition) is 5. The first-order valence-corrected chi connectivity index (χ1v) is 7.11. The summed E-state index contributed by atoms with van der Waals surface area (Å²) >= 11 is 1.70. The van der Waals surface area contributed by atoms with E-state index in [0.29, 0.717) is 6.04 Å². The van der Waals surface area contributed by atoms with Gasteiger partial charge in [0.1, 0.15) is 5.01 Å². The van der Waals surface area contributed by atoms with E-state index in [1.807, 2.05) is 11.6 Å². The predicted octanol–water partition coefficient (Wildman–Crippen LogP) is 1.69. The molecule has 0 aromatic carbocycles. The summed E-state index contributed by atoms with van der Waals surface area (Å²) in [5.74, 6) is 0. The summed E-state index contributed by atoms with van der Waals surface area (Å²) in [7, 11) is 0. The molecular weight excluding hydrogens is 234 g/mol. The molecule has 1 aliphatic heterocycles. The van der Waals surface area contributed by atoms with Gasteiger partial charge in [0.05, 0.1) is 6.04 Å². The molecule has 17 heavy (non-hydrogen) atoms. The minimum atomic E-state index is -0.108. The predicted molar refractivity (Wildman–Crippen MR) is 70.1 cm³/mol. The van der Waals surface area contributed by atoms with Gasteiger partial charge in [-0.15, -0.1) is 11.3 Å². The molecule has 1 saturated heterocycles. The van der Waals surface area contributed by atoms with Crippen LogP contribution in [0.4, 0.5) is 0 Å². The van der Waals surface area contributed by atoms with E-state index in [0.717, 1.165) is 44.0 Å². The summed E-state index contributed by atoms with van der Waals surface area (Å²) in [6, 6.07) is 0.332. The zero-order valence-electron chi connectivity index (χ0n) is 10.3. The molecule has 0 spiro atoms. The number of rotatable bonds is 5. The van der Waals surface area contributed by atoms with Crippen molar-refractivity contribution < 1.29 is 4.74 Å². The summed E-state index contributed by atoms with van der Waals surface area (Å²) in [6.45, 7) is 4.58. The number of nitrogens with one attached hydrogen (secondary N) is 1. The van der Waals surface area contributed by atoms with Crippen molar-refractivity contribution >= 4 is 11.3 Å². The van der Waals surface area contributed by atoms with Gasteiger partial charge in [0.25, 0.3) is 0 Å². The normalized spacial score (nSPS) is 21.3. The Morgan fingerprint density at radius 3 is 2.94 bits per heavy atom. The van der Waals surface area contributed by atoms with Crippen LogP contribution in [0.5, 0.6) is 0 Å². The summed E-state index contributed by atoms with van der Waals surface area (Å²) in [6.07, 6.45) is 4.78. The van der Waals surface area contributed by atoms with Gasteiger partial charge in [0.2, 0.25) is 0 Å². The Labute approximate surface area is 107 Å². The van der Waals surface area contributed by atoms with Gasteiger partial charge in [-0.3, -0.25) is 0 Å². The van der Waals surface area contributed by atoms with Gasteiger partial charge in [-0.2, -0.15) is 0 Å². The highest BCUT2D eigenvalue weighted by atomic mass is 32.1. The Balaban J connectivity index is 1.87. The molecule has 3 N–H and O–H groups in total. The molecule has 2 heterocycles. The fourth-order valence-electron chi connectivity index (χ4n) is 2.09. The lowest BCUT2D eigenvalue weighted by Gasteiger charge is -2.34. The maximum atomic E-state index is 6.36. The third kappa shape index (κ3) is 3.48. The van der Waals surface area contributed by atoms with E-state index in [9.17, 15) is 0 Å². The number of hydrogen-bond donors (Lipinski definition) is 2. The van der Waals surface area contributed by atoms with Gasteiger partial charge in [-0.1, -0.05) is 6.92 Å². The van der Waals surface area contributed by atoms with Crippen LogP contribution in [0.1, 0.15) is 37.2 Å². The van der Waals surface area contributed by atoms with Crippen LogP contribution < -0.4 is 11.1 Å². The molecule has 5 heteroatoms. The molecule has 0 amide bonds. The Hall–Kier alpha value is -0.490. The molecule has 1 aromatic rings. The Morgan fingerprint density at radius 2 is 2.35 bits per heavy atom. The molecule has 0 aliphatic carbocycles. The van der Waals surface area contributed by atoms with Crippen LogP contribution in [-0.4, -0.2) is 30.3 Å². The minimum absolute atomic E-state index is 0.108. The summed E-state index contributed by atoms with van der Waals surface area (Å²) < 4.78 is 5.35. The number of aromatic nitrogens is 1. The van der Waals surface area contributed by atoms with Crippen molar-refractivity contribution in [3.63, 3.8) is 0 Å². The Morgan fingerprint density at radius 1 is 1.59 bits per heavy atom. The molecule has 0 bridgehead atoms. The molecule has 0 radical (unpaired) electrons. The van der Waals surface area contributed by atoms with Crippen molar-refractivity contribution in [2.45, 2.75) is 37.8 Å². The van der Waals surface area contributed by atoms with Crippen LogP contribution in [-0.2, 0) is 4.74 Å². The van der Waals surface area contributed by atoms with Gasteiger partial charge in [0.15, 0.2) is 0 Å². The molecule has 1 aromatic heterocycles. The first kappa shape index (κ1) is 13.0. The van der Waals surface area contributed by atoms with E-state index >= 15 is 0 Å². The van der Waals surface area contributed by atoms with Crippen molar-refractivity contribution in [2.75, 3.05) is 19.8 Å². The number of nitrogens with two attached hydrogens (primary N) is 1. The maximum absolute atomic E-state index is 6.36. The minimum Gasteiger partial charge on any atom is -0.381 e. The summed E-state index contributed by atoms with van der Waals surface area (Å²) in [4.78, 5) is 4.36. The zero-order chi connectivity index (χ0) is 12.1. The highest BCUT2D eigenvalue weighted by Crippen LogP contribution is 2.22. The van der Waals surface area contributed by atoms with Crippen molar-refractivity contribution in [2.24, 2.45) is 5.73 Å². The largest absolute Gasteiger partial charge is 0.381 e. The highest BCUT2D eigenvalue weighted by molar-refractivity contribution is 7.09. The topological polar surface area (TPSA) is 60.2 Å². The van der Waals surface area contributed by atoms with Gasteiger partial charge >= 0.3 is 0 Å². The second-order valence-electron chi connectivity index (χ2n) is 4.69. The van der Waals surface area contributed by atoms with Crippen molar-refractivity contribution in [3.05, 3.63) is 16.6 Å². The lowest BCUT2D eigenvalue weighted by Crippen LogP contribution is -2.52. The lowest BCUT2D eigenvalue weighted by atomic mass is 9.91. The smallest absolute Gasteiger partial charge is 0.109 e. The van der Waals surface area contributed by atoms with Crippen LogP contribution in [0.25, 0.3) is 0 Å².